The molecule has 0 fully saturated rings. The SMILES string of the molecule is CNC1CCCCc2nc(-c3ccc(Br)cc3C)ncc21. The molecular formula is C17H20BrN3. The van der Waals surface area contributed by atoms with E-state index in [0.29, 0.717) is 6.04 Å². The molecule has 3 nitrogen and oxygen atoms in total. The predicted octanol–water partition coefficient (Wildman–Crippen LogP) is 4.20. The highest BCUT2D eigenvalue weighted by Gasteiger charge is 2.19. The second-order valence-corrected chi connectivity index (χ2v) is 6.56. The molecule has 21 heavy (non-hydrogen) atoms. The predicted molar refractivity (Wildman–Crippen MR) is 89.3 cm³/mol. The van der Waals surface area contributed by atoms with Crippen molar-refractivity contribution < 1.29 is 0 Å². The molecule has 1 aliphatic carbocycles. The van der Waals surface area contributed by atoms with E-state index in [4.69, 9.17) is 4.98 Å². The number of nitrogens with one attached hydrogen (secondary N) is 1. The molecule has 1 atom stereocenters. The summed E-state index contributed by atoms with van der Waals surface area (Å²) in [5.74, 6) is 0.843. The van der Waals surface area contributed by atoms with Crippen LogP contribution in [-0.4, -0.2) is 17.0 Å². The third-order valence-electron chi connectivity index (χ3n) is 4.21. The van der Waals surface area contributed by atoms with Crippen LogP contribution in [0.5, 0.6) is 0 Å². The van der Waals surface area contributed by atoms with E-state index < -0.39 is 0 Å². The summed E-state index contributed by atoms with van der Waals surface area (Å²) in [7, 11) is 2.02. The van der Waals surface area contributed by atoms with Gasteiger partial charge in [-0.3, -0.25) is 0 Å². The minimum Gasteiger partial charge on any atom is -0.313 e. The molecule has 4 heteroatoms. The number of aryl methyl sites for hydroxylation is 2. The Bertz CT molecular complexity index is 654. The molecule has 1 aliphatic rings. The number of halogens is 1. The van der Waals surface area contributed by atoms with Gasteiger partial charge in [-0.25, -0.2) is 9.97 Å². The van der Waals surface area contributed by atoms with Gasteiger partial charge in [0.25, 0.3) is 0 Å². The first-order valence-corrected chi connectivity index (χ1v) is 8.28. The van der Waals surface area contributed by atoms with Gasteiger partial charge in [0.05, 0.1) is 0 Å². The van der Waals surface area contributed by atoms with E-state index in [1.807, 2.05) is 19.3 Å². The second kappa shape index (κ2) is 6.24. The van der Waals surface area contributed by atoms with Crippen molar-refractivity contribution in [3.63, 3.8) is 0 Å². The molecular weight excluding hydrogens is 326 g/mol. The number of aromatic nitrogens is 2. The lowest BCUT2D eigenvalue weighted by Gasteiger charge is -2.16. The van der Waals surface area contributed by atoms with E-state index in [-0.39, 0.29) is 0 Å². The molecule has 0 aliphatic heterocycles. The smallest absolute Gasteiger partial charge is 0.159 e. The Morgan fingerprint density at radius 2 is 2.14 bits per heavy atom. The molecule has 0 amide bonds. The summed E-state index contributed by atoms with van der Waals surface area (Å²) in [4.78, 5) is 9.49. The fourth-order valence-electron chi connectivity index (χ4n) is 3.02. The molecule has 0 saturated heterocycles. The highest BCUT2D eigenvalue weighted by molar-refractivity contribution is 9.10. The number of benzene rings is 1. The fraction of sp³-hybridized carbons (Fsp3) is 0.412. The minimum atomic E-state index is 0.391. The van der Waals surface area contributed by atoms with Crippen molar-refractivity contribution in [3.05, 3.63) is 45.7 Å². The van der Waals surface area contributed by atoms with E-state index in [0.717, 1.165) is 22.3 Å². The maximum Gasteiger partial charge on any atom is 0.159 e. The van der Waals surface area contributed by atoms with Gasteiger partial charge in [-0.1, -0.05) is 22.4 Å². The Morgan fingerprint density at radius 1 is 1.29 bits per heavy atom. The molecule has 110 valence electrons. The second-order valence-electron chi connectivity index (χ2n) is 5.64. The Hall–Kier alpha value is -1.26. The van der Waals surface area contributed by atoms with Crippen LogP contribution in [0.4, 0.5) is 0 Å². The van der Waals surface area contributed by atoms with Crippen molar-refractivity contribution in [2.75, 3.05) is 7.05 Å². The molecule has 3 rings (SSSR count). The minimum absolute atomic E-state index is 0.391. The molecule has 1 aromatic heterocycles. The third kappa shape index (κ3) is 3.01. The molecule has 0 saturated carbocycles. The molecule has 0 radical (unpaired) electrons. The summed E-state index contributed by atoms with van der Waals surface area (Å²) >= 11 is 3.51. The van der Waals surface area contributed by atoms with Gasteiger partial charge in [-0.2, -0.15) is 0 Å². The summed E-state index contributed by atoms with van der Waals surface area (Å²) < 4.78 is 1.09. The molecule has 0 bridgehead atoms. The zero-order valence-corrected chi connectivity index (χ0v) is 14.1. The molecule has 0 spiro atoms. The highest BCUT2D eigenvalue weighted by Crippen LogP contribution is 2.29. The van der Waals surface area contributed by atoms with E-state index in [9.17, 15) is 0 Å². The van der Waals surface area contributed by atoms with E-state index in [1.165, 1.54) is 36.1 Å². The average Bonchev–Trinajstić information content (AvgIpc) is 2.68. The number of fused-ring (bicyclic) bond motifs is 1. The Kier molecular flexibility index (Phi) is 4.36. The van der Waals surface area contributed by atoms with Gasteiger partial charge in [0.15, 0.2) is 5.82 Å². The molecule has 1 unspecified atom stereocenters. The maximum atomic E-state index is 4.87. The van der Waals surface area contributed by atoms with Crippen molar-refractivity contribution in [2.24, 2.45) is 0 Å². The third-order valence-corrected chi connectivity index (χ3v) is 4.70. The van der Waals surface area contributed by atoms with Crippen molar-refractivity contribution >= 4 is 15.9 Å². The number of rotatable bonds is 2. The lowest BCUT2D eigenvalue weighted by atomic mass is 10.0. The van der Waals surface area contributed by atoms with Crippen molar-refractivity contribution in [1.29, 1.82) is 0 Å². The number of hydrogen-bond acceptors (Lipinski definition) is 3. The van der Waals surface area contributed by atoms with E-state index >= 15 is 0 Å². The van der Waals surface area contributed by atoms with E-state index in [2.05, 4.69) is 45.3 Å². The van der Waals surface area contributed by atoms with Crippen LogP contribution >= 0.6 is 15.9 Å². The van der Waals surface area contributed by atoms with Crippen LogP contribution in [0.1, 0.15) is 42.1 Å². The number of nitrogens with zero attached hydrogens (tertiary/aromatic N) is 2. The van der Waals surface area contributed by atoms with Gasteiger partial charge in [0, 0.05) is 33.5 Å². The van der Waals surface area contributed by atoms with Crippen LogP contribution in [0, 0.1) is 6.92 Å². The van der Waals surface area contributed by atoms with Crippen molar-refractivity contribution in [1.82, 2.24) is 15.3 Å². The van der Waals surface area contributed by atoms with Crippen molar-refractivity contribution in [2.45, 2.75) is 38.6 Å². The topological polar surface area (TPSA) is 37.8 Å². The summed E-state index contributed by atoms with van der Waals surface area (Å²) in [5, 5.41) is 3.39. The largest absolute Gasteiger partial charge is 0.313 e. The first-order valence-electron chi connectivity index (χ1n) is 7.48. The van der Waals surface area contributed by atoms with Gasteiger partial charge in [0.2, 0.25) is 0 Å². The van der Waals surface area contributed by atoms with Gasteiger partial charge < -0.3 is 5.32 Å². The zero-order chi connectivity index (χ0) is 14.8. The standard InChI is InChI=1S/C17H20BrN3/c1-11-9-12(18)7-8-13(11)17-20-10-14-15(19-2)5-3-4-6-16(14)21-17/h7-10,15,19H,3-6H2,1-2H3. The summed E-state index contributed by atoms with van der Waals surface area (Å²) in [6, 6.07) is 6.64. The van der Waals surface area contributed by atoms with Gasteiger partial charge in [0.1, 0.15) is 0 Å². The average molecular weight is 346 g/mol. The lowest BCUT2D eigenvalue weighted by molar-refractivity contribution is 0.532. The summed E-state index contributed by atoms with van der Waals surface area (Å²) in [6.07, 6.45) is 6.70. The normalized spacial score (nSPS) is 18.1. The first kappa shape index (κ1) is 14.7. The zero-order valence-electron chi connectivity index (χ0n) is 12.5. The number of hydrogen-bond donors (Lipinski definition) is 1. The fourth-order valence-corrected chi connectivity index (χ4v) is 3.50. The van der Waals surface area contributed by atoms with Crippen LogP contribution in [0.2, 0.25) is 0 Å². The van der Waals surface area contributed by atoms with Crippen LogP contribution in [-0.2, 0) is 6.42 Å². The van der Waals surface area contributed by atoms with Crippen molar-refractivity contribution in [3.8, 4) is 11.4 Å². The molecule has 1 aromatic carbocycles. The van der Waals surface area contributed by atoms with E-state index in [1.54, 1.807) is 0 Å². The van der Waals surface area contributed by atoms with Crippen LogP contribution < -0.4 is 5.32 Å². The first-order chi connectivity index (χ1) is 10.2. The maximum absolute atomic E-state index is 4.87. The molecule has 1 N–H and O–H groups in total. The Labute approximate surface area is 134 Å². The van der Waals surface area contributed by atoms with Crippen LogP contribution in [0.3, 0.4) is 0 Å². The van der Waals surface area contributed by atoms with Gasteiger partial charge in [-0.15, -0.1) is 0 Å². The summed E-state index contributed by atoms with van der Waals surface area (Å²) in [6.45, 7) is 2.10. The van der Waals surface area contributed by atoms with Crippen LogP contribution in [0.25, 0.3) is 11.4 Å². The molecule has 2 aromatic rings. The van der Waals surface area contributed by atoms with Crippen LogP contribution in [0.15, 0.2) is 28.9 Å². The quantitative estimate of drug-likeness (QED) is 0.828. The Morgan fingerprint density at radius 3 is 2.90 bits per heavy atom. The Balaban J connectivity index is 2.04. The van der Waals surface area contributed by atoms with Gasteiger partial charge in [-0.05, 0) is 57.0 Å². The lowest BCUT2D eigenvalue weighted by Crippen LogP contribution is -2.17. The summed E-state index contributed by atoms with van der Waals surface area (Å²) in [5.41, 5.74) is 4.79. The van der Waals surface area contributed by atoms with Gasteiger partial charge >= 0.3 is 0 Å². The monoisotopic (exact) mass is 345 g/mol. The highest BCUT2D eigenvalue weighted by atomic mass is 79.9. The molecule has 1 heterocycles.